The van der Waals surface area contributed by atoms with Gasteiger partial charge in [-0.2, -0.15) is 0 Å². The molecular formula is C9H12N2O4S. The van der Waals surface area contributed by atoms with E-state index in [2.05, 4.69) is 5.32 Å². The first-order valence-electron chi connectivity index (χ1n) is 4.49. The van der Waals surface area contributed by atoms with Crippen LogP contribution < -0.4 is 11.1 Å². The van der Waals surface area contributed by atoms with Crippen molar-refractivity contribution in [3.8, 4) is 0 Å². The van der Waals surface area contributed by atoms with Crippen molar-refractivity contribution in [2.24, 2.45) is 5.73 Å². The van der Waals surface area contributed by atoms with Gasteiger partial charge >= 0.3 is 5.97 Å². The fraction of sp³-hybridized carbons (Fsp3) is 0.333. The van der Waals surface area contributed by atoms with Crippen LogP contribution in [0.4, 0.5) is 0 Å². The van der Waals surface area contributed by atoms with Crippen LogP contribution in [0, 0.1) is 0 Å². The maximum absolute atomic E-state index is 11.5. The van der Waals surface area contributed by atoms with Crippen molar-refractivity contribution >= 4 is 23.2 Å². The van der Waals surface area contributed by atoms with Crippen molar-refractivity contribution in [2.45, 2.75) is 12.1 Å². The summed E-state index contributed by atoms with van der Waals surface area (Å²) in [6.07, 6.45) is 0. The highest BCUT2D eigenvalue weighted by molar-refractivity contribution is 7.10. The Labute approximate surface area is 95.7 Å². The van der Waals surface area contributed by atoms with Crippen LogP contribution in [-0.4, -0.2) is 34.7 Å². The molecule has 0 saturated carbocycles. The van der Waals surface area contributed by atoms with E-state index >= 15 is 0 Å². The highest BCUT2D eigenvalue weighted by atomic mass is 32.1. The molecule has 0 saturated heterocycles. The minimum Gasteiger partial charge on any atom is -0.480 e. The van der Waals surface area contributed by atoms with Gasteiger partial charge in [-0.05, 0) is 11.4 Å². The SMILES string of the molecule is NC(C(=O)NC(CO)C(=O)O)c1cccs1. The molecule has 0 radical (unpaired) electrons. The first kappa shape index (κ1) is 12.6. The number of aliphatic hydroxyl groups excluding tert-OH is 1. The van der Waals surface area contributed by atoms with Crippen molar-refractivity contribution < 1.29 is 19.8 Å². The van der Waals surface area contributed by atoms with Crippen molar-refractivity contribution in [1.29, 1.82) is 0 Å². The molecule has 0 bridgehead atoms. The summed E-state index contributed by atoms with van der Waals surface area (Å²) in [5, 5.41) is 21.3. The van der Waals surface area contributed by atoms with Gasteiger partial charge in [0.2, 0.25) is 5.91 Å². The summed E-state index contributed by atoms with van der Waals surface area (Å²) in [5.41, 5.74) is 5.61. The number of aliphatic hydroxyl groups is 1. The van der Waals surface area contributed by atoms with Crippen LogP contribution in [0.15, 0.2) is 17.5 Å². The van der Waals surface area contributed by atoms with Crippen molar-refractivity contribution in [2.75, 3.05) is 6.61 Å². The van der Waals surface area contributed by atoms with Crippen molar-refractivity contribution in [1.82, 2.24) is 5.32 Å². The van der Waals surface area contributed by atoms with Gasteiger partial charge in [-0.15, -0.1) is 11.3 Å². The number of rotatable bonds is 5. The summed E-state index contributed by atoms with van der Waals surface area (Å²) in [6, 6.07) is 1.20. The van der Waals surface area contributed by atoms with Crippen LogP contribution in [0.3, 0.4) is 0 Å². The molecule has 1 heterocycles. The largest absolute Gasteiger partial charge is 0.480 e. The van der Waals surface area contributed by atoms with E-state index in [1.807, 2.05) is 0 Å². The molecule has 0 aliphatic carbocycles. The number of carbonyl (C=O) groups is 2. The van der Waals surface area contributed by atoms with E-state index in [-0.39, 0.29) is 0 Å². The molecule has 2 atom stereocenters. The Morgan fingerprint density at radius 2 is 2.25 bits per heavy atom. The predicted octanol–water partition coefficient (Wildman–Crippen LogP) is -0.690. The Kier molecular flexibility index (Phi) is 4.41. The monoisotopic (exact) mass is 244 g/mol. The minimum atomic E-state index is -1.32. The van der Waals surface area contributed by atoms with Crippen LogP contribution in [0.1, 0.15) is 10.9 Å². The van der Waals surface area contributed by atoms with Gasteiger partial charge in [-0.25, -0.2) is 4.79 Å². The average Bonchev–Trinajstić information content (AvgIpc) is 2.77. The number of carboxylic acids is 1. The molecule has 0 aliphatic heterocycles. The molecule has 6 nitrogen and oxygen atoms in total. The van der Waals surface area contributed by atoms with Gasteiger partial charge in [-0.3, -0.25) is 4.79 Å². The second-order valence-corrected chi connectivity index (χ2v) is 4.05. The maximum Gasteiger partial charge on any atom is 0.328 e. The first-order valence-corrected chi connectivity index (χ1v) is 5.37. The predicted molar refractivity (Wildman–Crippen MR) is 57.9 cm³/mol. The second-order valence-electron chi connectivity index (χ2n) is 3.08. The lowest BCUT2D eigenvalue weighted by Gasteiger charge is -2.14. The normalized spacial score (nSPS) is 14.1. The lowest BCUT2D eigenvalue weighted by molar-refractivity contribution is -0.143. The lowest BCUT2D eigenvalue weighted by Crippen LogP contribution is -2.46. The molecule has 0 aromatic carbocycles. The zero-order valence-electron chi connectivity index (χ0n) is 8.29. The average molecular weight is 244 g/mol. The number of carbonyl (C=O) groups excluding carboxylic acids is 1. The number of hydrogen-bond donors (Lipinski definition) is 4. The van der Waals surface area contributed by atoms with E-state index in [0.717, 1.165) is 0 Å². The Bertz CT molecular complexity index is 366. The number of thiophene rings is 1. The maximum atomic E-state index is 11.5. The molecule has 1 rings (SSSR count). The standard InChI is InChI=1S/C9H12N2O4S/c10-7(6-2-1-3-16-6)8(13)11-5(4-12)9(14)15/h1-3,5,7,12H,4,10H2,(H,11,13)(H,14,15). The van der Waals surface area contributed by atoms with Crippen molar-refractivity contribution in [3.05, 3.63) is 22.4 Å². The highest BCUT2D eigenvalue weighted by Crippen LogP contribution is 2.16. The Hall–Kier alpha value is -1.44. The third kappa shape index (κ3) is 3.02. The Morgan fingerprint density at radius 3 is 2.69 bits per heavy atom. The zero-order valence-corrected chi connectivity index (χ0v) is 9.11. The topological polar surface area (TPSA) is 113 Å². The summed E-state index contributed by atoms with van der Waals surface area (Å²) < 4.78 is 0. The zero-order chi connectivity index (χ0) is 12.1. The van der Waals surface area contributed by atoms with Gasteiger partial charge in [0.1, 0.15) is 12.1 Å². The number of amides is 1. The molecule has 1 aromatic rings. The molecule has 5 N–H and O–H groups in total. The molecule has 2 unspecified atom stereocenters. The molecular weight excluding hydrogens is 232 g/mol. The van der Waals surface area contributed by atoms with Gasteiger partial charge < -0.3 is 21.3 Å². The molecule has 1 aromatic heterocycles. The number of hydrogen-bond acceptors (Lipinski definition) is 5. The van der Waals surface area contributed by atoms with E-state index in [0.29, 0.717) is 4.88 Å². The van der Waals surface area contributed by atoms with Gasteiger partial charge in [-0.1, -0.05) is 6.07 Å². The van der Waals surface area contributed by atoms with E-state index in [9.17, 15) is 9.59 Å². The van der Waals surface area contributed by atoms with Crippen molar-refractivity contribution in [3.63, 3.8) is 0 Å². The summed E-state index contributed by atoms with van der Waals surface area (Å²) in [6.45, 7) is -0.668. The van der Waals surface area contributed by atoms with Crippen LogP contribution in [0.5, 0.6) is 0 Å². The highest BCUT2D eigenvalue weighted by Gasteiger charge is 2.23. The summed E-state index contributed by atoms with van der Waals surface area (Å²) in [4.78, 5) is 22.7. The van der Waals surface area contributed by atoms with E-state index in [4.69, 9.17) is 15.9 Å². The molecule has 88 valence electrons. The molecule has 0 fully saturated rings. The third-order valence-electron chi connectivity index (χ3n) is 1.93. The molecule has 16 heavy (non-hydrogen) atoms. The third-order valence-corrected chi connectivity index (χ3v) is 2.88. The number of nitrogens with one attached hydrogen (secondary N) is 1. The van der Waals surface area contributed by atoms with Gasteiger partial charge in [0.15, 0.2) is 0 Å². The van der Waals surface area contributed by atoms with E-state index in [1.165, 1.54) is 11.3 Å². The minimum absolute atomic E-state index is 0.621. The number of aliphatic carboxylic acids is 1. The molecule has 0 aliphatic rings. The molecule has 1 amide bonds. The summed E-state index contributed by atoms with van der Waals surface area (Å²) >= 11 is 1.31. The fourth-order valence-electron chi connectivity index (χ4n) is 1.04. The van der Waals surface area contributed by atoms with Crippen LogP contribution >= 0.6 is 11.3 Å². The van der Waals surface area contributed by atoms with Gasteiger partial charge in [0.05, 0.1) is 6.61 Å². The van der Waals surface area contributed by atoms with E-state index in [1.54, 1.807) is 17.5 Å². The Balaban J connectivity index is 2.61. The number of nitrogens with two attached hydrogens (primary N) is 1. The summed E-state index contributed by atoms with van der Waals surface area (Å²) in [5.74, 6) is -1.92. The summed E-state index contributed by atoms with van der Waals surface area (Å²) in [7, 11) is 0. The van der Waals surface area contributed by atoms with Crippen LogP contribution in [0.2, 0.25) is 0 Å². The number of carboxylic acid groups (broad SMARTS) is 1. The molecule has 7 heteroatoms. The smallest absolute Gasteiger partial charge is 0.328 e. The van der Waals surface area contributed by atoms with E-state index < -0.39 is 30.6 Å². The van der Waals surface area contributed by atoms with Gasteiger partial charge in [0.25, 0.3) is 0 Å². The second kappa shape index (κ2) is 5.59. The Morgan fingerprint density at radius 1 is 1.56 bits per heavy atom. The fourth-order valence-corrected chi connectivity index (χ4v) is 1.77. The van der Waals surface area contributed by atoms with Crippen LogP contribution in [0.25, 0.3) is 0 Å². The van der Waals surface area contributed by atoms with Crippen LogP contribution in [-0.2, 0) is 9.59 Å². The quantitative estimate of drug-likeness (QED) is 0.547. The first-order chi connectivity index (χ1) is 7.56. The van der Waals surface area contributed by atoms with Gasteiger partial charge in [0, 0.05) is 4.88 Å². The lowest BCUT2D eigenvalue weighted by atomic mass is 10.2. The molecule has 0 spiro atoms.